The molecule has 4 rings (SSSR count). The molecule has 33 heavy (non-hydrogen) atoms. The van der Waals surface area contributed by atoms with Gasteiger partial charge in [0.2, 0.25) is 15.9 Å². The molecule has 3 fully saturated rings. The van der Waals surface area contributed by atoms with Crippen LogP contribution in [-0.2, 0) is 24.3 Å². The first-order valence-electron chi connectivity index (χ1n) is 11.1. The van der Waals surface area contributed by atoms with Crippen molar-refractivity contribution in [3.8, 4) is 0 Å². The van der Waals surface area contributed by atoms with Crippen molar-refractivity contribution in [3.63, 3.8) is 0 Å². The number of amides is 2. The molecule has 0 unspecified atom stereocenters. The van der Waals surface area contributed by atoms with E-state index in [0.29, 0.717) is 59.0 Å². The Morgan fingerprint density at radius 3 is 2.09 bits per heavy atom. The third-order valence-electron chi connectivity index (χ3n) is 6.15. The van der Waals surface area contributed by atoms with E-state index in [4.69, 9.17) is 9.47 Å². The van der Waals surface area contributed by atoms with Crippen LogP contribution in [0.3, 0.4) is 0 Å². The highest BCUT2D eigenvalue weighted by Crippen LogP contribution is 2.23. The summed E-state index contributed by atoms with van der Waals surface area (Å²) in [4.78, 5) is 30.3. The fraction of sp³-hybridized carbons (Fsp3) is 0.619. The Balaban J connectivity index is 1.38. The number of morpholine rings is 2. The summed E-state index contributed by atoms with van der Waals surface area (Å²) >= 11 is 0. The highest BCUT2D eigenvalue weighted by Gasteiger charge is 2.31. The molecule has 3 aliphatic rings. The Morgan fingerprint density at radius 2 is 1.45 bits per heavy atom. The second-order valence-electron chi connectivity index (χ2n) is 8.22. The largest absolute Gasteiger partial charge is 0.379 e. The predicted octanol–water partition coefficient (Wildman–Crippen LogP) is -0.537. The van der Waals surface area contributed by atoms with Gasteiger partial charge in [-0.05, 0) is 18.2 Å². The number of piperazine rings is 1. The summed E-state index contributed by atoms with van der Waals surface area (Å²) in [6.45, 7) is 5.23. The molecule has 12 heteroatoms. The van der Waals surface area contributed by atoms with E-state index in [0.717, 1.165) is 12.1 Å². The Morgan fingerprint density at radius 1 is 0.848 bits per heavy atom. The topological polar surface area (TPSA) is 99.7 Å². The first-order valence-corrected chi connectivity index (χ1v) is 12.5. The minimum Gasteiger partial charge on any atom is -0.379 e. The Labute approximate surface area is 192 Å². The van der Waals surface area contributed by atoms with Gasteiger partial charge < -0.3 is 19.3 Å². The number of carbonyl (C=O) groups excluding carboxylic acids is 2. The van der Waals surface area contributed by atoms with Crippen LogP contribution in [-0.4, -0.2) is 125 Å². The van der Waals surface area contributed by atoms with Crippen LogP contribution in [0.25, 0.3) is 0 Å². The molecule has 3 aliphatic heterocycles. The average molecular weight is 485 g/mol. The maximum Gasteiger partial charge on any atom is 0.253 e. The van der Waals surface area contributed by atoms with Gasteiger partial charge >= 0.3 is 0 Å². The molecule has 0 saturated carbocycles. The summed E-state index contributed by atoms with van der Waals surface area (Å²) in [5.74, 6) is -1.19. The molecule has 182 valence electrons. The minimum absolute atomic E-state index is 0.0505. The zero-order valence-electron chi connectivity index (χ0n) is 18.4. The average Bonchev–Trinajstić information content (AvgIpc) is 2.85. The zero-order valence-corrected chi connectivity index (χ0v) is 19.3. The Kier molecular flexibility index (Phi) is 7.59. The van der Waals surface area contributed by atoms with E-state index >= 15 is 0 Å². The van der Waals surface area contributed by atoms with Crippen LogP contribution < -0.4 is 0 Å². The van der Waals surface area contributed by atoms with E-state index in [-0.39, 0.29) is 43.7 Å². The number of sulfonamides is 1. The molecule has 0 radical (unpaired) electrons. The third-order valence-corrected chi connectivity index (χ3v) is 8.06. The second-order valence-corrected chi connectivity index (χ2v) is 10.1. The third kappa shape index (κ3) is 5.52. The lowest BCUT2D eigenvalue weighted by Gasteiger charge is -2.36. The predicted molar refractivity (Wildman–Crippen MR) is 116 cm³/mol. The van der Waals surface area contributed by atoms with Crippen molar-refractivity contribution in [2.24, 2.45) is 0 Å². The molecule has 1 aromatic rings. The molecule has 1 aromatic carbocycles. The van der Waals surface area contributed by atoms with Gasteiger partial charge in [-0.1, -0.05) is 0 Å². The van der Waals surface area contributed by atoms with Crippen LogP contribution >= 0.6 is 0 Å². The van der Waals surface area contributed by atoms with Crippen LogP contribution in [0.4, 0.5) is 4.39 Å². The first-order chi connectivity index (χ1) is 15.9. The normalized spacial score (nSPS) is 21.2. The summed E-state index contributed by atoms with van der Waals surface area (Å²) in [5.41, 5.74) is 0.126. The van der Waals surface area contributed by atoms with Crippen molar-refractivity contribution < 1.29 is 31.9 Å². The number of halogens is 1. The van der Waals surface area contributed by atoms with E-state index in [1.807, 2.05) is 4.90 Å². The van der Waals surface area contributed by atoms with Gasteiger partial charge in [0.05, 0.1) is 33.0 Å². The highest BCUT2D eigenvalue weighted by atomic mass is 32.2. The summed E-state index contributed by atoms with van der Waals surface area (Å²) < 4.78 is 51.8. The van der Waals surface area contributed by atoms with Crippen molar-refractivity contribution in [3.05, 3.63) is 29.6 Å². The van der Waals surface area contributed by atoms with E-state index < -0.39 is 20.7 Å². The van der Waals surface area contributed by atoms with Crippen LogP contribution in [0.5, 0.6) is 0 Å². The molecule has 0 N–H and O–H groups in total. The molecule has 3 heterocycles. The molecule has 10 nitrogen and oxygen atoms in total. The van der Waals surface area contributed by atoms with Crippen molar-refractivity contribution in [2.75, 3.05) is 85.3 Å². The monoisotopic (exact) mass is 484 g/mol. The lowest BCUT2D eigenvalue weighted by molar-refractivity contribution is -0.136. The number of benzene rings is 1. The van der Waals surface area contributed by atoms with E-state index in [1.165, 1.54) is 10.4 Å². The zero-order chi connectivity index (χ0) is 23.4. The fourth-order valence-corrected chi connectivity index (χ4v) is 5.65. The van der Waals surface area contributed by atoms with Crippen molar-refractivity contribution >= 4 is 21.8 Å². The van der Waals surface area contributed by atoms with Crippen LogP contribution in [0.2, 0.25) is 0 Å². The molecule has 0 aliphatic carbocycles. The lowest BCUT2D eigenvalue weighted by Crippen LogP contribution is -2.52. The number of ether oxygens (including phenoxy) is 2. The highest BCUT2D eigenvalue weighted by molar-refractivity contribution is 7.89. The molecule has 3 saturated heterocycles. The summed E-state index contributed by atoms with van der Waals surface area (Å²) in [5, 5.41) is 0. The van der Waals surface area contributed by atoms with Gasteiger partial charge in [0.1, 0.15) is 10.7 Å². The van der Waals surface area contributed by atoms with Gasteiger partial charge in [-0.2, -0.15) is 4.31 Å². The second kappa shape index (κ2) is 10.4. The summed E-state index contributed by atoms with van der Waals surface area (Å²) in [6, 6.07) is 3.46. The number of nitrogens with zero attached hydrogens (tertiary/aromatic N) is 4. The molecular weight excluding hydrogens is 455 g/mol. The van der Waals surface area contributed by atoms with E-state index in [1.54, 1.807) is 9.80 Å². The van der Waals surface area contributed by atoms with E-state index in [9.17, 15) is 22.4 Å². The number of hydrogen-bond acceptors (Lipinski definition) is 7. The van der Waals surface area contributed by atoms with Crippen LogP contribution in [0, 0.1) is 5.82 Å². The van der Waals surface area contributed by atoms with Gasteiger partial charge in [-0.25, -0.2) is 12.8 Å². The lowest BCUT2D eigenvalue weighted by atomic mass is 10.1. The van der Waals surface area contributed by atoms with Crippen molar-refractivity contribution in [1.82, 2.24) is 19.0 Å². The standard InChI is InChI=1S/C21H29FN4O6S/c22-18-2-1-17(15-19(18)33(29,30)26-9-13-32-14-10-26)21(28)25-5-3-23(4-6-25)16-20(27)24-7-11-31-12-8-24/h1-2,15H,3-14,16H2. The molecule has 0 aromatic heterocycles. The van der Waals surface area contributed by atoms with Crippen LogP contribution in [0.15, 0.2) is 23.1 Å². The fourth-order valence-electron chi connectivity index (χ4n) is 4.16. The maximum absolute atomic E-state index is 14.4. The SMILES string of the molecule is O=C(CN1CCN(C(=O)c2ccc(F)c(S(=O)(=O)N3CCOCC3)c2)CC1)N1CCOCC1. The van der Waals surface area contributed by atoms with Gasteiger partial charge in [0.15, 0.2) is 0 Å². The smallest absolute Gasteiger partial charge is 0.253 e. The van der Waals surface area contributed by atoms with Crippen LogP contribution in [0.1, 0.15) is 10.4 Å². The van der Waals surface area contributed by atoms with Crippen molar-refractivity contribution in [2.45, 2.75) is 4.90 Å². The van der Waals surface area contributed by atoms with Gasteiger partial charge in [-0.3, -0.25) is 14.5 Å². The molecule has 2 amide bonds. The Hall–Kier alpha value is -2.12. The van der Waals surface area contributed by atoms with Gasteiger partial charge in [0.25, 0.3) is 5.91 Å². The van der Waals surface area contributed by atoms with E-state index in [2.05, 4.69) is 0 Å². The first kappa shape index (κ1) is 24.0. The Bertz CT molecular complexity index is 971. The van der Waals surface area contributed by atoms with Gasteiger partial charge in [0, 0.05) is 57.9 Å². The van der Waals surface area contributed by atoms with Gasteiger partial charge in [-0.15, -0.1) is 0 Å². The minimum atomic E-state index is -4.06. The molecular formula is C21H29FN4O6S. The summed E-state index contributed by atoms with van der Waals surface area (Å²) in [7, 11) is -4.06. The molecule has 0 atom stereocenters. The summed E-state index contributed by atoms with van der Waals surface area (Å²) in [6.07, 6.45) is 0. The quantitative estimate of drug-likeness (QED) is 0.554. The molecule has 0 spiro atoms. The number of rotatable bonds is 5. The van der Waals surface area contributed by atoms with Crippen molar-refractivity contribution in [1.29, 1.82) is 0 Å². The number of hydrogen-bond donors (Lipinski definition) is 0. The molecule has 0 bridgehead atoms. The maximum atomic E-state index is 14.4. The number of carbonyl (C=O) groups is 2.